The van der Waals surface area contributed by atoms with Crippen molar-refractivity contribution in [1.82, 2.24) is 14.7 Å². The standard InChI is InChI=1S/C18H23FN4O2/c1-13(14-6-4-7-15(19)12-14)18(25)20-16-9-11-23(21-16)10-5-8-17(24)22(2)3/h4,6-7,9,11-13H,5,8,10H2,1-3H3,(H,20,21,25)/t13-/m1/s1. The van der Waals surface area contributed by atoms with Gasteiger partial charge in [0.15, 0.2) is 5.82 Å². The molecule has 1 aromatic heterocycles. The highest BCUT2D eigenvalue weighted by molar-refractivity contribution is 5.94. The third-order valence-electron chi connectivity index (χ3n) is 3.91. The van der Waals surface area contributed by atoms with E-state index in [2.05, 4.69) is 10.4 Å². The number of nitrogens with one attached hydrogen (secondary N) is 1. The second-order valence-corrected chi connectivity index (χ2v) is 6.12. The maximum atomic E-state index is 13.3. The first kappa shape index (κ1) is 18.6. The summed E-state index contributed by atoms with van der Waals surface area (Å²) in [6.45, 7) is 2.31. The fourth-order valence-corrected chi connectivity index (χ4v) is 2.33. The molecule has 0 saturated heterocycles. The molecule has 0 aliphatic carbocycles. The first-order valence-corrected chi connectivity index (χ1v) is 8.16. The molecule has 0 bridgehead atoms. The summed E-state index contributed by atoms with van der Waals surface area (Å²) in [7, 11) is 3.45. The molecular weight excluding hydrogens is 323 g/mol. The number of nitrogens with zero attached hydrogens (tertiary/aromatic N) is 3. The monoisotopic (exact) mass is 346 g/mol. The minimum Gasteiger partial charge on any atom is -0.349 e. The van der Waals surface area contributed by atoms with E-state index in [1.165, 1.54) is 12.1 Å². The molecule has 0 spiro atoms. The van der Waals surface area contributed by atoms with E-state index in [1.807, 2.05) is 0 Å². The highest BCUT2D eigenvalue weighted by Gasteiger charge is 2.16. The van der Waals surface area contributed by atoms with Crippen molar-refractivity contribution in [2.45, 2.75) is 32.2 Å². The van der Waals surface area contributed by atoms with E-state index in [0.29, 0.717) is 30.8 Å². The minimum atomic E-state index is -0.487. The number of carbonyl (C=O) groups excluding carboxylic acids is 2. The number of anilines is 1. The Bertz CT molecular complexity index is 742. The Balaban J connectivity index is 1.87. The van der Waals surface area contributed by atoms with Gasteiger partial charge in [-0.3, -0.25) is 14.3 Å². The molecule has 0 unspecified atom stereocenters. The van der Waals surface area contributed by atoms with Gasteiger partial charge in [0, 0.05) is 39.3 Å². The molecule has 0 aliphatic rings. The number of amides is 2. The number of rotatable bonds is 7. The second-order valence-electron chi connectivity index (χ2n) is 6.12. The number of aromatic nitrogens is 2. The van der Waals surface area contributed by atoms with Crippen molar-refractivity contribution in [3.05, 3.63) is 47.9 Å². The van der Waals surface area contributed by atoms with Crippen molar-refractivity contribution in [1.29, 1.82) is 0 Å². The summed E-state index contributed by atoms with van der Waals surface area (Å²) < 4.78 is 15.0. The molecule has 2 aromatic rings. The Kier molecular flexibility index (Phi) is 6.27. The van der Waals surface area contributed by atoms with Crippen LogP contribution in [-0.2, 0) is 16.1 Å². The summed E-state index contributed by atoms with van der Waals surface area (Å²) in [5.74, 6) is -0.595. The van der Waals surface area contributed by atoms with Gasteiger partial charge in [-0.05, 0) is 31.0 Å². The van der Waals surface area contributed by atoms with Gasteiger partial charge in [0.1, 0.15) is 5.82 Å². The molecular formula is C18H23FN4O2. The van der Waals surface area contributed by atoms with Crippen LogP contribution in [0.2, 0.25) is 0 Å². The third-order valence-corrected chi connectivity index (χ3v) is 3.91. The largest absolute Gasteiger partial charge is 0.349 e. The van der Waals surface area contributed by atoms with Crippen LogP contribution in [-0.4, -0.2) is 40.6 Å². The average molecular weight is 346 g/mol. The maximum absolute atomic E-state index is 13.3. The lowest BCUT2D eigenvalue weighted by molar-refractivity contribution is -0.128. The molecule has 0 aliphatic heterocycles. The van der Waals surface area contributed by atoms with Gasteiger partial charge in [-0.1, -0.05) is 12.1 Å². The molecule has 0 saturated carbocycles. The van der Waals surface area contributed by atoms with Gasteiger partial charge < -0.3 is 10.2 Å². The van der Waals surface area contributed by atoms with Crippen molar-refractivity contribution in [3.63, 3.8) is 0 Å². The molecule has 1 atom stereocenters. The van der Waals surface area contributed by atoms with Gasteiger partial charge in [-0.25, -0.2) is 4.39 Å². The van der Waals surface area contributed by atoms with Crippen LogP contribution >= 0.6 is 0 Å². The minimum absolute atomic E-state index is 0.0737. The molecule has 2 amide bonds. The number of hydrogen-bond donors (Lipinski definition) is 1. The molecule has 1 heterocycles. The van der Waals surface area contributed by atoms with Crippen LogP contribution in [0.4, 0.5) is 10.2 Å². The summed E-state index contributed by atoms with van der Waals surface area (Å²) in [6, 6.07) is 7.69. The number of halogens is 1. The van der Waals surface area contributed by atoms with Crippen LogP contribution in [0.3, 0.4) is 0 Å². The predicted molar refractivity (Wildman–Crippen MR) is 93.6 cm³/mol. The van der Waals surface area contributed by atoms with Crippen LogP contribution in [0.1, 0.15) is 31.2 Å². The molecule has 6 nitrogen and oxygen atoms in total. The zero-order valence-corrected chi connectivity index (χ0v) is 14.7. The summed E-state index contributed by atoms with van der Waals surface area (Å²) in [5.41, 5.74) is 0.610. The normalized spacial score (nSPS) is 11.8. The summed E-state index contributed by atoms with van der Waals surface area (Å²) in [6.07, 6.45) is 2.87. The summed E-state index contributed by atoms with van der Waals surface area (Å²) in [5, 5.41) is 7.00. The van der Waals surface area contributed by atoms with Crippen molar-refractivity contribution in [2.24, 2.45) is 0 Å². The Hall–Kier alpha value is -2.70. The van der Waals surface area contributed by atoms with Crippen molar-refractivity contribution in [3.8, 4) is 0 Å². The van der Waals surface area contributed by atoms with E-state index in [-0.39, 0.29) is 17.6 Å². The van der Waals surface area contributed by atoms with Gasteiger partial charge in [-0.15, -0.1) is 0 Å². The second kappa shape index (κ2) is 8.41. The smallest absolute Gasteiger partial charge is 0.232 e. The van der Waals surface area contributed by atoms with E-state index in [4.69, 9.17) is 0 Å². The lowest BCUT2D eigenvalue weighted by Gasteiger charge is -2.11. The van der Waals surface area contributed by atoms with Crippen molar-refractivity contribution in [2.75, 3.05) is 19.4 Å². The topological polar surface area (TPSA) is 67.2 Å². The van der Waals surface area contributed by atoms with E-state index in [1.54, 1.807) is 55.0 Å². The molecule has 2 rings (SSSR count). The fraction of sp³-hybridized carbons (Fsp3) is 0.389. The van der Waals surface area contributed by atoms with Crippen LogP contribution < -0.4 is 5.32 Å². The Labute approximate surface area is 146 Å². The molecule has 0 radical (unpaired) electrons. The van der Waals surface area contributed by atoms with Gasteiger partial charge in [-0.2, -0.15) is 5.10 Å². The Morgan fingerprint density at radius 3 is 2.76 bits per heavy atom. The van der Waals surface area contributed by atoms with Gasteiger partial charge in [0.05, 0.1) is 5.92 Å². The first-order valence-electron chi connectivity index (χ1n) is 8.16. The van der Waals surface area contributed by atoms with E-state index < -0.39 is 5.92 Å². The van der Waals surface area contributed by atoms with Crippen molar-refractivity contribution < 1.29 is 14.0 Å². The predicted octanol–water partition coefficient (Wildman–Crippen LogP) is 2.63. The fourth-order valence-electron chi connectivity index (χ4n) is 2.33. The summed E-state index contributed by atoms with van der Waals surface area (Å²) in [4.78, 5) is 25.4. The molecule has 134 valence electrons. The van der Waals surface area contributed by atoms with Gasteiger partial charge >= 0.3 is 0 Å². The average Bonchev–Trinajstić information content (AvgIpc) is 3.01. The van der Waals surface area contributed by atoms with E-state index in [9.17, 15) is 14.0 Å². The van der Waals surface area contributed by atoms with Crippen LogP contribution in [0.5, 0.6) is 0 Å². The molecule has 7 heteroatoms. The number of aryl methyl sites for hydroxylation is 1. The SMILES string of the molecule is C[C@@H](C(=O)Nc1ccn(CCCC(=O)N(C)C)n1)c1cccc(F)c1. The number of carbonyl (C=O) groups is 2. The third kappa shape index (κ3) is 5.41. The maximum Gasteiger partial charge on any atom is 0.232 e. The Morgan fingerprint density at radius 2 is 2.08 bits per heavy atom. The molecule has 1 aromatic carbocycles. The van der Waals surface area contributed by atoms with Crippen molar-refractivity contribution >= 4 is 17.6 Å². The zero-order valence-electron chi connectivity index (χ0n) is 14.7. The molecule has 25 heavy (non-hydrogen) atoms. The van der Waals surface area contributed by atoms with Crippen LogP contribution in [0.25, 0.3) is 0 Å². The quantitative estimate of drug-likeness (QED) is 0.838. The van der Waals surface area contributed by atoms with E-state index in [0.717, 1.165) is 0 Å². The molecule has 0 fully saturated rings. The lowest BCUT2D eigenvalue weighted by Crippen LogP contribution is -2.21. The van der Waals surface area contributed by atoms with Crippen LogP contribution in [0.15, 0.2) is 36.5 Å². The Morgan fingerprint density at radius 1 is 1.32 bits per heavy atom. The highest BCUT2D eigenvalue weighted by atomic mass is 19.1. The highest BCUT2D eigenvalue weighted by Crippen LogP contribution is 2.18. The van der Waals surface area contributed by atoms with Gasteiger partial charge in [0.25, 0.3) is 0 Å². The van der Waals surface area contributed by atoms with Crippen LogP contribution in [0, 0.1) is 5.82 Å². The van der Waals surface area contributed by atoms with Gasteiger partial charge in [0.2, 0.25) is 11.8 Å². The number of hydrogen-bond acceptors (Lipinski definition) is 3. The first-order chi connectivity index (χ1) is 11.9. The zero-order chi connectivity index (χ0) is 18.4. The number of benzene rings is 1. The van der Waals surface area contributed by atoms with E-state index >= 15 is 0 Å². The molecule has 1 N–H and O–H groups in total. The summed E-state index contributed by atoms with van der Waals surface area (Å²) >= 11 is 0. The lowest BCUT2D eigenvalue weighted by atomic mass is 10.0.